The van der Waals surface area contributed by atoms with Gasteiger partial charge in [-0.25, -0.2) is 0 Å². The molecule has 1 aromatic rings. The summed E-state index contributed by atoms with van der Waals surface area (Å²) in [6.07, 6.45) is 1.08. The zero-order valence-corrected chi connectivity index (χ0v) is 10.2. The molecule has 1 unspecified atom stereocenters. The average Bonchev–Trinajstić information content (AvgIpc) is 2.18. The van der Waals surface area contributed by atoms with E-state index in [0.717, 1.165) is 5.56 Å². The van der Waals surface area contributed by atoms with E-state index < -0.39 is 0 Å². The Morgan fingerprint density at radius 3 is 2.53 bits per heavy atom. The van der Waals surface area contributed by atoms with Crippen LogP contribution in [-0.2, 0) is 0 Å². The number of nitrogens with two attached hydrogens (primary N) is 1. The molecule has 2 N–H and O–H groups in total. The van der Waals surface area contributed by atoms with Crippen LogP contribution in [0.25, 0.3) is 0 Å². The molecular formula is C10H11Cl3N2. The SMILES string of the molecule is Cl.N#CCCC(N)c1ccc(Cl)c(Cl)c1. The van der Waals surface area contributed by atoms with Crippen LogP contribution in [0.2, 0.25) is 10.0 Å². The third-order valence-electron chi connectivity index (χ3n) is 1.94. The minimum atomic E-state index is -0.149. The lowest BCUT2D eigenvalue weighted by Gasteiger charge is -2.10. The van der Waals surface area contributed by atoms with Crippen molar-refractivity contribution in [2.45, 2.75) is 18.9 Å². The number of nitrogens with zero attached hydrogens (tertiary/aromatic N) is 1. The van der Waals surface area contributed by atoms with Gasteiger partial charge in [-0.15, -0.1) is 12.4 Å². The van der Waals surface area contributed by atoms with Gasteiger partial charge >= 0.3 is 0 Å². The Bertz CT molecular complexity index is 360. The minimum absolute atomic E-state index is 0. The van der Waals surface area contributed by atoms with Crippen molar-refractivity contribution >= 4 is 35.6 Å². The predicted octanol–water partition coefficient (Wildman–Crippen LogP) is 3.72. The highest BCUT2D eigenvalue weighted by molar-refractivity contribution is 6.42. The molecule has 0 amide bonds. The van der Waals surface area contributed by atoms with Crippen LogP contribution in [0.15, 0.2) is 18.2 Å². The summed E-state index contributed by atoms with van der Waals surface area (Å²) < 4.78 is 0. The maximum absolute atomic E-state index is 8.41. The Hall–Kier alpha value is -0.460. The van der Waals surface area contributed by atoms with Crippen molar-refractivity contribution < 1.29 is 0 Å². The van der Waals surface area contributed by atoms with Crippen LogP contribution in [0.1, 0.15) is 24.4 Å². The molecule has 0 radical (unpaired) electrons. The Labute approximate surface area is 105 Å². The molecule has 0 bridgehead atoms. The first-order valence-electron chi connectivity index (χ1n) is 4.22. The fourth-order valence-electron chi connectivity index (χ4n) is 1.13. The second kappa shape index (κ2) is 6.92. The summed E-state index contributed by atoms with van der Waals surface area (Å²) in [6.45, 7) is 0. The summed E-state index contributed by atoms with van der Waals surface area (Å²) in [6, 6.07) is 7.19. The van der Waals surface area contributed by atoms with E-state index in [1.165, 1.54) is 0 Å². The first kappa shape index (κ1) is 14.5. The smallest absolute Gasteiger partial charge is 0.0622 e. The summed E-state index contributed by atoms with van der Waals surface area (Å²) in [7, 11) is 0. The Kier molecular flexibility index (Phi) is 6.71. The second-order valence-electron chi connectivity index (χ2n) is 2.98. The molecule has 1 atom stereocenters. The van der Waals surface area contributed by atoms with E-state index in [2.05, 4.69) is 6.07 Å². The van der Waals surface area contributed by atoms with Gasteiger partial charge in [0.2, 0.25) is 0 Å². The molecule has 0 aliphatic carbocycles. The lowest BCUT2D eigenvalue weighted by atomic mass is 10.0. The molecule has 0 spiro atoms. The molecule has 82 valence electrons. The van der Waals surface area contributed by atoms with Crippen LogP contribution in [0.5, 0.6) is 0 Å². The van der Waals surface area contributed by atoms with Crippen molar-refractivity contribution in [2.75, 3.05) is 0 Å². The third kappa shape index (κ3) is 4.27. The molecule has 0 saturated carbocycles. The Morgan fingerprint density at radius 2 is 2.00 bits per heavy atom. The molecule has 1 aromatic carbocycles. The van der Waals surface area contributed by atoms with E-state index in [-0.39, 0.29) is 18.4 Å². The third-order valence-corrected chi connectivity index (χ3v) is 2.68. The molecule has 1 rings (SSSR count). The number of hydrogen-bond acceptors (Lipinski definition) is 2. The number of nitriles is 1. The summed E-state index contributed by atoms with van der Waals surface area (Å²) in [5.74, 6) is 0. The van der Waals surface area contributed by atoms with Crippen molar-refractivity contribution in [2.24, 2.45) is 5.73 Å². The van der Waals surface area contributed by atoms with Crippen molar-refractivity contribution in [1.82, 2.24) is 0 Å². The van der Waals surface area contributed by atoms with Crippen LogP contribution >= 0.6 is 35.6 Å². The van der Waals surface area contributed by atoms with E-state index in [1.807, 2.05) is 6.07 Å². The molecule has 0 aliphatic heterocycles. The number of rotatable bonds is 3. The molecule has 0 fully saturated rings. The van der Waals surface area contributed by atoms with Gasteiger partial charge in [-0.05, 0) is 24.1 Å². The first-order chi connectivity index (χ1) is 6.65. The lowest BCUT2D eigenvalue weighted by Crippen LogP contribution is -2.09. The van der Waals surface area contributed by atoms with E-state index in [4.69, 9.17) is 34.2 Å². The van der Waals surface area contributed by atoms with Gasteiger partial charge in [0.15, 0.2) is 0 Å². The normalized spacial score (nSPS) is 11.3. The number of benzene rings is 1. The first-order valence-corrected chi connectivity index (χ1v) is 4.98. The number of hydrogen-bond donors (Lipinski definition) is 1. The molecule has 0 aliphatic rings. The van der Waals surface area contributed by atoms with Gasteiger partial charge < -0.3 is 5.73 Å². The summed E-state index contributed by atoms with van der Waals surface area (Å²) in [5.41, 5.74) is 6.76. The Morgan fingerprint density at radius 1 is 1.33 bits per heavy atom. The summed E-state index contributed by atoms with van der Waals surface area (Å²) >= 11 is 11.6. The fraction of sp³-hybridized carbons (Fsp3) is 0.300. The molecule has 15 heavy (non-hydrogen) atoms. The maximum atomic E-state index is 8.41. The predicted molar refractivity (Wildman–Crippen MR) is 65.5 cm³/mol. The van der Waals surface area contributed by atoms with Crippen LogP contribution in [0.4, 0.5) is 0 Å². The van der Waals surface area contributed by atoms with E-state index >= 15 is 0 Å². The highest BCUT2D eigenvalue weighted by Crippen LogP contribution is 2.26. The fourth-order valence-corrected chi connectivity index (χ4v) is 1.44. The standard InChI is InChI=1S/C10H10Cl2N2.ClH/c11-8-4-3-7(6-9(8)12)10(14)2-1-5-13;/h3-4,6,10H,1-2,14H2;1H. The van der Waals surface area contributed by atoms with Crippen molar-refractivity contribution in [1.29, 1.82) is 5.26 Å². The monoisotopic (exact) mass is 264 g/mol. The van der Waals surface area contributed by atoms with Gasteiger partial charge in [0.25, 0.3) is 0 Å². The average molecular weight is 266 g/mol. The second-order valence-corrected chi connectivity index (χ2v) is 3.79. The maximum Gasteiger partial charge on any atom is 0.0622 e. The van der Waals surface area contributed by atoms with Crippen LogP contribution < -0.4 is 5.73 Å². The van der Waals surface area contributed by atoms with Gasteiger partial charge in [-0.3, -0.25) is 0 Å². The largest absolute Gasteiger partial charge is 0.324 e. The zero-order valence-electron chi connectivity index (χ0n) is 7.91. The summed E-state index contributed by atoms with van der Waals surface area (Å²) in [4.78, 5) is 0. The molecule has 0 heterocycles. The van der Waals surface area contributed by atoms with E-state index in [0.29, 0.717) is 22.9 Å². The van der Waals surface area contributed by atoms with Gasteiger partial charge in [-0.1, -0.05) is 29.3 Å². The molecular weight excluding hydrogens is 254 g/mol. The van der Waals surface area contributed by atoms with Gasteiger partial charge in [0.1, 0.15) is 0 Å². The van der Waals surface area contributed by atoms with E-state index in [1.54, 1.807) is 12.1 Å². The Balaban J connectivity index is 0.00000196. The molecule has 2 nitrogen and oxygen atoms in total. The van der Waals surface area contributed by atoms with Crippen molar-refractivity contribution in [3.63, 3.8) is 0 Å². The van der Waals surface area contributed by atoms with Crippen LogP contribution in [-0.4, -0.2) is 0 Å². The van der Waals surface area contributed by atoms with Crippen LogP contribution in [0.3, 0.4) is 0 Å². The van der Waals surface area contributed by atoms with E-state index in [9.17, 15) is 0 Å². The molecule has 0 aromatic heterocycles. The highest BCUT2D eigenvalue weighted by atomic mass is 35.5. The number of halogens is 3. The molecule has 5 heteroatoms. The lowest BCUT2D eigenvalue weighted by molar-refractivity contribution is 0.665. The van der Waals surface area contributed by atoms with Gasteiger partial charge in [0, 0.05) is 12.5 Å². The van der Waals surface area contributed by atoms with Crippen molar-refractivity contribution in [3.8, 4) is 6.07 Å². The minimum Gasteiger partial charge on any atom is -0.324 e. The highest BCUT2D eigenvalue weighted by Gasteiger charge is 2.07. The summed E-state index contributed by atoms with van der Waals surface area (Å²) in [5, 5.41) is 9.42. The van der Waals surface area contributed by atoms with Crippen molar-refractivity contribution in [3.05, 3.63) is 33.8 Å². The van der Waals surface area contributed by atoms with Crippen LogP contribution in [0, 0.1) is 11.3 Å². The molecule has 0 saturated heterocycles. The zero-order chi connectivity index (χ0) is 10.6. The van der Waals surface area contributed by atoms with Gasteiger partial charge in [0.05, 0.1) is 16.1 Å². The topological polar surface area (TPSA) is 49.8 Å². The quantitative estimate of drug-likeness (QED) is 0.905. The van der Waals surface area contributed by atoms with Gasteiger partial charge in [-0.2, -0.15) is 5.26 Å².